The Bertz CT molecular complexity index is 347. The van der Waals surface area contributed by atoms with E-state index in [4.69, 9.17) is 5.11 Å². The van der Waals surface area contributed by atoms with Gasteiger partial charge in [-0.3, -0.25) is 4.68 Å². The van der Waals surface area contributed by atoms with Gasteiger partial charge >= 0.3 is 5.97 Å². The first-order valence-corrected chi connectivity index (χ1v) is 5.20. The van der Waals surface area contributed by atoms with E-state index in [0.717, 1.165) is 10.2 Å². The zero-order valence-electron chi connectivity index (χ0n) is 8.36. The van der Waals surface area contributed by atoms with Gasteiger partial charge in [0.2, 0.25) is 0 Å². The van der Waals surface area contributed by atoms with Crippen molar-refractivity contribution in [2.75, 3.05) is 0 Å². The van der Waals surface area contributed by atoms with Crippen LogP contribution < -0.4 is 0 Å². The van der Waals surface area contributed by atoms with E-state index in [2.05, 4.69) is 21.0 Å². The lowest BCUT2D eigenvalue weighted by atomic mass is 10.1. The van der Waals surface area contributed by atoms with Gasteiger partial charge in [-0.05, 0) is 28.8 Å². The summed E-state index contributed by atoms with van der Waals surface area (Å²) in [5.74, 6) is -0.595. The minimum absolute atomic E-state index is 0.284. The SMILES string of the molecule is CC(C)c1nn(C(C)C(=O)O)cc1Br. The zero-order valence-corrected chi connectivity index (χ0v) is 9.95. The van der Waals surface area contributed by atoms with E-state index in [9.17, 15) is 4.79 Å². The van der Waals surface area contributed by atoms with Gasteiger partial charge in [-0.25, -0.2) is 4.79 Å². The monoisotopic (exact) mass is 260 g/mol. The summed E-state index contributed by atoms with van der Waals surface area (Å²) in [4.78, 5) is 10.7. The molecule has 0 bridgehead atoms. The lowest BCUT2D eigenvalue weighted by Crippen LogP contribution is -2.16. The Morgan fingerprint density at radius 3 is 2.50 bits per heavy atom. The average molecular weight is 261 g/mol. The maximum atomic E-state index is 10.7. The predicted octanol–water partition coefficient (Wildman–Crippen LogP) is 2.41. The average Bonchev–Trinajstić information content (AvgIpc) is 2.45. The predicted molar refractivity (Wildman–Crippen MR) is 56.4 cm³/mol. The van der Waals surface area contributed by atoms with Gasteiger partial charge in [-0.2, -0.15) is 5.10 Å². The molecule has 0 saturated heterocycles. The number of hydrogen-bond donors (Lipinski definition) is 1. The fraction of sp³-hybridized carbons (Fsp3) is 0.556. The van der Waals surface area contributed by atoms with Gasteiger partial charge in [-0.15, -0.1) is 0 Å². The fourth-order valence-corrected chi connectivity index (χ4v) is 1.83. The lowest BCUT2D eigenvalue weighted by molar-refractivity contribution is -0.140. The van der Waals surface area contributed by atoms with Gasteiger partial charge in [0.15, 0.2) is 0 Å². The maximum Gasteiger partial charge on any atom is 0.328 e. The van der Waals surface area contributed by atoms with Crippen LogP contribution in [0, 0.1) is 0 Å². The Morgan fingerprint density at radius 1 is 1.57 bits per heavy atom. The molecule has 4 nitrogen and oxygen atoms in total. The standard InChI is InChI=1S/C9H13BrN2O2/c1-5(2)8-7(10)4-12(11-8)6(3)9(13)14/h4-6H,1-3H3,(H,13,14). The smallest absolute Gasteiger partial charge is 0.328 e. The van der Waals surface area contributed by atoms with Gasteiger partial charge in [-0.1, -0.05) is 13.8 Å². The summed E-state index contributed by atoms with van der Waals surface area (Å²) in [6.07, 6.45) is 1.70. The lowest BCUT2D eigenvalue weighted by Gasteiger charge is -2.05. The van der Waals surface area contributed by atoms with E-state index >= 15 is 0 Å². The fourth-order valence-electron chi connectivity index (χ4n) is 1.09. The highest BCUT2D eigenvalue weighted by Crippen LogP contribution is 2.24. The Balaban J connectivity index is 3.02. The van der Waals surface area contributed by atoms with Crippen molar-refractivity contribution in [3.05, 3.63) is 16.4 Å². The van der Waals surface area contributed by atoms with E-state index in [1.54, 1.807) is 13.1 Å². The molecule has 5 heteroatoms. The number of rotatable bonds is 3. The highest BCUT2D eigenvalue weighted by Gasteiger charge is 2.17. The number of aromatic nitrogens is 2. The minimum atomic E-state index is -0.879. The molecular weight excluding hydrogens is 248 g/mol. The zero-order chi connectivity index (χ0) is 10.9. The van der Waals surface area contributed by atoms with Crippen LogP contribution in [0.2, 0.25) is 0 Å². The van der Waals surface area contributed by atoms with E-state index in [1.807, 2.05) is 13.8 Å². The molecule has 0 fully saturated rings. The number of hydrogen-bond acceptors (Lipinski definition) is 2. The van der Waals surface area contributed by atoms with Crippen molar-refractivity contribution in [1.29, 1.82) is 0 Å². The molecule has 14 heavy (non-hydrogen) atoms. The molecule has 0 aromatic carbocycles. The third-order valence-corrected chi connectivity index (χ3v) is 2.63. The summed E-state index contributed by atoms with van der Waals surface area (Å²) in [5.41, 5.74) is 0.887. The van der Waals surface area contributed by atoms with Crippen molar-refractivity contribution in [1.82, 2.24) is 9.78 Å². The van der Waals surface area contributed by atoms with E-state index in [-0.39, 0.29) is 5.92 Å². The highest BCUT2D eigenvalue weighted by molar-refractivity contribution is 9.10. The maximum absolute atomic E-state index is 10.7. The third-order valence-electron chi connectivity index (χ3n) is 2.01. The van der Waals surface area contributed by atoms with Gasteiger partial charge in [0.25, 0.3) is 0 Å². The van der Waals surface area contributed by atoms with Crippen LogP contribution in [-0.2, 0) is 4.79 Å². The summed E-state index contributed by atoms with van der Waals surface area (Å²) >= 11 is 3.36. The van der Waals surface area contributed by atoms with Crippen LogP contribution in [0.25, 0.3) is 0 Å². The first-order chi connectivity index (χ1) is 6.43. The highest BCUT2D eigenvalue weighted by atomic mass is 79.9. The second-order valence-electron chi connectivity index (χ2n) is 3.51. The Hall–Kier alpha value is -0.840. The summed E-state index contributed by atoms with van der Waals surface area (Å²) in [5, 5.41) is 13.0. The molecule has 1 rings (SSSR count). The first kappa shape index (κ1) is 11.2. The van der Waals surface area contributed by atoms with Crippen LogP contribution in [0.15, 0.2) is 10.7 Å². The number of carboxylic acid groups (broad SMARTS) is 1. The van der Waals surface area contributed by atoms with Crippen molar-refractivity contribution < 1.29 is 9.90 Å². The van der Waals surface area contributed by atoms with E-state index in [0.29, 0.717) is 0 Å². The third kappa shape index (κ3) is 2.15. The molecule has 0 radical (unpaired) electrons. The van der Waals surface area contributed by atoms with Crippen LogP contribution in [0.3, 0.4) is 0 Å². The summed E-state index contributed by atoms with van der Waals surface area (Å²) in [6, 6.07) is -0.626. The van der Waals surface area contributed by atoms with Crippen LogP contribution in [0.1, 0.15) is 38.4 Å². The topological polar surface area (TPSA) is 55.1 Å². The number of carboxylic acids is 1. The van der Waals surface area contributed by atoms with E-state index in [1.165, 1.54) is 4.68 Å². The van der Waals surface area contributed by atoms with Crippen molar-refractivity contribution in [2.45, 2.75) is 32.7 Å². The quantitative estimate of drug-likeness (QED) is 0.908. The number of aliphatic carboxylic acids is 1. The number of nitrogens with zero attached hydrogens (tertiary/aromatic N) is 2. The summed E-state index contributed by atoms with van der Waals surface area (Å²) < 4.78 is 2.32. The van der Waals surface area contributed by atoms with Gasteiger partial charge < -0.3 is 5.11 Å². The molecule has 1 aromatic heterocycles. The molecule has 1 unspecified atom stereocenters. The first-order valence-electron chi connectivity index (χ1n) is 4.40. The van der Waals surface area contributed by atoms with Crippen LogP contribution in [0.5, 0.6) is 0 Å². The van der Waals surface area contributed by atoms with Crippen LogP contribution in [-0.4, -0.2) is 20.9 Å². The molecule has 0 aliphatic carbocycles. The van der Waals surface area contributed by atoms with Crippen LogP contribution in [0.4, 0.5) is 0 Å². The Kier molecular flexibility index (Phi) is 3.31. The molecule has 1 heterocycles. The second-order valence-corrected chi connectivity index (χ2v) is 4.37. The molecule has 1 N–H and O–H groups in total. The molecule has 0 aliphatic heterocycles. The summed E-state index contributed by atoms with van der Waals surface area (Å²) in [7, 11) is 0. The Labute approximate surface area is 91.1 Å². The largest absolute Gasteiger partial charge is 0.480 e. The number of carbonyl (C=O) groups is 1. The second kappa shape index (κ2) is 4.13. The molecule has 0 amide bonds. The normalized spacial score (nSPS) is 13.2. The molecular formula is C9H13BrN2O2. The molecule has 0 aliphatic rings. The van der Waals surface area contributed by atoms with Gasteiger partial charge in [0, 0.05) is 6.20 Å². The van der Waals surface area contributed by atoms with E-state index < -0.39 is 12.0 Å². The molecule has 1 atom stereocenters. The van der Waals surface area contributed by atoms with Crippen LogP contribution >= 0.6 is 15.9 Å². The molecule has 1 aromatic rings. The molecule has 0 saturated carbocycles. The van der Waals surface area contributed by atoms with Crippen molar-refractivity contribution >= 4 is 21.9 Å². The number of halogens is 1. The van der Waals surface area contributed by atoms with Crippen molar-refractivity contribution in [2.24, 2.45) is 0 Å². The Morgan fingerprint density at radius 2 is 2.14 bits per heavy atom. The summed E-state index contributed by atoms with van der Waals surface area (Å²) in [6.45, 7) is 5.64. The van der Waals surface area contributed by atoms with Crippen molar-refractivity contribution in [3.63, 3.8) is 0 Å². The van der Waals surface area contributed by atoms with Gasteiger partial charge in [0.1, 0.15) is 6.04 Å². The van der Waals surface area contributed by atoms with Gasteiger partial charge in [0.05, 0.1) is 10.2 Å². The molecule has 0 spiro atoms. The minimum Gasteiger partial charge on any atom is -0.480 e. The molecule has 78 valence electrons. The van der Waals surface area contributed by atoms with Crippen molar-refractivity contribution in [3.8, 4) is 0 Å².